The normalized spacial score (nSPS) is 10.5. The highest BCUT2D eigenvalue weighted by Crippen LogP contribution is 2.33. The highest BCUT2D eigenvalue weighted by atomic mass is 35.5. The van der Waals surface area contributed by atoms with Gasteiger partial charge in [-0.25, -0.2) is 5.43 Å². The van der Waals surface area contributed by atoms with Gasteiger partial charge in [-0.05, 0) is 12.1 Å². The number of phenolic OH excluding ortho intramolecular Hbond substituents is 1. The van der Waals surface area contributed by atoms with Gasteiger partial charge < -0.3 is 14.6 Å². The molecule has 0 atom stereocenters. The number of carbonyl (C=O) groups is 1. The lowest BCUT2D eigenvalue weighted by Gasteiger charge is -2.07. The molecule has 26 heavy (non-hydrogen) atoms. The average molecular weight is 380 g/mol. The summed E-state index contributed by atoms with van der Waals surface area (Å²) in [4.78, 5) is 22.0. The van der Waals surface area contributed by atoms with Gasteiger partial charge in [-0.2, -0.15) is 5.10 Å². The van der Waals surface area contributed by atoms with Crippen LogP contribution in [-0.2, 0) is 4.79 Å². The molecule has 0 aliphatic rings. The lowest BCUT2D eigenvalue weighted by atomic mass is 10.2. The molecule has 2 rings (SSSR count). The van der Waals surface area contributed by atoms with Gasteiger partial charge in [0.1, 0.15) is 5.75 Å². The van der Waals surface area contributed by atoms with Crippen LogP contribution in [0.15, 0.2) is 41.5 Å². The van der Waals surface area contributed by atoms with Gasteiger partial charge in [-0.1, -0.05) is 23.7 Å². The smallest absolute Gasteiger partial charge is 0.277 e. The van der Waals surface area contributed by atoms with E-state index in [-0.39, 0.29) is 29.4 Å². The van der Waals surface area contributed by atoms with Crippen molar-refractivity contribution in [2.24, 2.45) is 5.10 Å². The Morgan fingerprint density at radius 1 is 1.38 bits per heavy atom. The summed E-state index contributed by atoms with van der Waals surface area (Å²) in [5.41, 5.74) is 1.88. The predicted octanol–water partition coefficient (Wildman–Crippen LogP) is 2.49. The van der Waals surface area contributed by atoms with Crippen molar-refractivity contribution in [1.82, 2.24) is 5.43 Å². The zero-order valence-electron chi connectivity index (χ0n) is 13.5. The molecule has 0 saturated carbocycles. The van der Waals surface area contributed by atoms with Gasteiger partial charge in [0.15, 0.2) is 18.1 Å². The average Bonchev–Trinajstić information content (AvgIpc) is 2.62. The molecule has 0 saturated heterocycles. The van der Waals surface area contributed by atoms with E-state index >= 15 is 0 Å². The predicted molar refractivity (Wildman–Crippen MR) is 94.0 cm³/mol. The lowest BCUT2D eigenvalue weighted by molar-refractivity contribution is -0.385. The van der Waals surface area contributed by atoms with Crippen molar-refractivity contribution >= 4 is 29.4 Å². The maximum atomic E-state index is 11.7. The number of non-ortho nitro benzene ring substituents is 1. The number of hydrogen-bond acceptors (Lipinski definition) is 7. The quantitative estimate of drug-likeness (QED) is 0.432. The van der Waals surface area contributed by atoms with E-state index in [0.717, 1.165) is 18.3 Å². The number of phenols is 1. The number of carbonyl (C=O) groups excluding carboxylic acids is 1. The molecule has 0 radical (unpaired) electrons. The summed E-state index contributed by atoms with van der Waals surface area (Å²) >= 11 is 5.90. The van der Waals surface area contributed by atoms with E-state index in [0.29, 0.717) is 10.8 Å². The molecule has 0 fully saturated rings. The van der Waals surface area contributed by atoms with Crippen molar-refractivity contribution in [2.75, 3.05) is 13.7 Å². The largest absolute Gasteiger partial charge is 0.504 e. The molecular weight excluding hydrogens is 366 g/mol. The molecule has 0 aromatic heterocycles. The second-order valence-corrected chi connectivity index (χ2v) is 5.26. The minimum atomic E-state index is -0.644. The fourth-order valence-corrected chi connectivity index (χ4v) is 2.08. The van der Waals surface area contributed by atoms with Gasteiger partial charge in [0, 0.05) is 11.6 Å². The molecular formula is C16H14ClN3O6. The third-order valence-corrected chi connectivity index (χ3v) is 3.42. The van der Waals surface area contributed by atoms with Crippen LogP contribution in [0.4, 0.5) is 5.69 Å². The zero-order chi connectivity index (χ0) is 19.1. The number of amides is 1. The minimum Gasteiger partial charge on any atom is -0.504 e. The van der Waals surface area contributed by atoms with E-state index in [1.807, 2.05) is 0 Å². The van der Waals surface area contributed by atoms with Gasteiger partial charge in [0.05, 0.1) is 29.3 Å². The molecule has 10 heteroatoms. The summed E-state index contributed by atoms with van der Waals surface area (Å²) in [5, 5.41) is 24.8. The molecule has 0 spiro atoms. The number of methoxy groups -OCH3 is 1. The number of aromatic hydroxyl groups is 1. The van der Waals surface area contributed by atoms with Crippen LogP contribution in [0, 0.1) is 10.1 Å². The monoisotopic (exact) mass is 379 g/mol. The van der Waals surface area contributed by atoms with Gasteiger partial charge in [-0.15, -0.1) is 0 Å². The topological polar surface area (TPSA) is 123 Å². The van der Waals surface area contributed by atoms with Gasteiger partial charge in [0.2, 0.25) is 0 Å². The standard InChI is InChI=1S/C16H14ClN3O6/c1-25-14-7-11(20(23)24)6-10(16(14)22)8-18-19-15(21)9-26-13-5-3-2-4-12(13)17/h2-8,22H,9H2,1H3,(H,19,21)/b18-8+. The molecule has 136 valence electrons. The molecule has 0 heterocycles. The van der Waals surface area contributed by atoms with Crippen molar-refractivity contribution in [3.05, 3.63) is 57.1 Å². The fraction of sp³-hybridized carbons (Fsp3) is 0.125. The number of rotatable bonds is 7. The Bertz CT molecular complexity index is 856. The number of benzene rings is 2. The Morgan fingerprint density at radius 3 is 2.77 bits per heavy atom. The van der Waals surface area contributed by atoms with Gasteiger partial charge in [0.25, 0.3) is 11.6 Å². The zero-order valence-corrected chi connectivity index (χ0v) is 14.3. The third-order valence-electron chi connectivity index (χ3n) is 3.11. The molecule has 0 bridgehead atoms. The first kappa shape index (κ1) is 19.0. The maximum absolute atomic E-state index is 11.7. The van der Waals surface area contributed by atoms with E-state index in [4.69, 9.17) is 21.1 Å². The number of nitrogens with zero attached hydrogens (tertiary/aromatic N) is 2. The first-order valence-corrected chi connectivity index (χ1v) is 7.54. The van der Waals surface area contributed by atoms with E-state index in [2.05, 4.69) is 10.5 Å². The summed E-state index contributed by atoms with van der Waals surface area (Å²) in [5.74, 6) is -0.676. The number of para-hydroxylation sites is 1. The second kappa shape index (κ2) is 8.67. The minimum absolute atomic E-state index is 0.00312. The van der Waals surface area contributed by atoms with Crippen LogP contribution in [0.3, 0.4) is 0 Å². The molecule has 2 N–H and O–H groups in total. The SMILES string of the molecule is COc1cc([N+](=O)[O-])cc(/C=N/NC(=O)COc2ccccc2Cl)c1O. The number of nitro groups is 1. The molecule has 0 aliphatic carbocycles. The summed E-state index contributed by atoms with van der Waals surface area (Å²) in [7, 11) is 1.26. The first-order chi connectivity index (χ1) is 12.4. The lowest BCUT2D eigenvalue weighted by Crippen LogP contribution is -2.24. The van der Waals surface area contributed by atoms with Crippen LogP contribution in [-0.4, -0.2) is 35.9 Å². The Balaban J connectivity index is 2.01. The fourth-order valence-electron chi connectivity index (χ4n) is 1.88. The van der Waals surface area contributed by atoms with E-state index in [9.17, 15) is 20.0 Å². The van der Waals surface area contributed by atoms with Crippen LogP contribution in [0.1, 0.15) is 5.56 Å². The summed E-state index contributed by atoms with van der Waals surface area (Å²) in [6.07, 6.45) is 1.05. The van der Waals surface area contributed by atoms with Gasteiger partial charge >= 0.3 is 0 Å². The molecule has 2 aromatic rings. The van der Waals surface area contributed by atoms with E-state index < -0.39 is 10.8 Å². The summed E-state index contributed by atoms with van der Waals surface area (Å²) in [6.45, 7) is -0.342. The molecule has 2 aromatic carbocycles. The second-order valence-electron chi connectivity index (χ2n) is 4.86. The Hall–Kier alpha value is -3.33. The summed E-state index contributed by atoms with van der Waals surface area (Å²) < 4.78 is 10.1. The number of hydrogen-bond donors (Lipinski definition) is 2. The van der Waals surface area contributed by atoms with Crippen molar-refractivity contribution in [2.45, 2.75) is 0 Å². The maximum Gasteiger partial charge on any atom is 0.277 e. The van der Waals surface area contributed by atoms with Crippen molar-refractivity contribution in [3.63, 3.8) is 0 Å². The van der Waals surface area contributed by atoms with E-state index in [1.54, 1.807) is 24.3 Å². The van der Waals surface area contributed by atoms with Gasteiger partial charge in [-0.3, -0.25) is 14.9 Å². The summed E-state index contributed by atoms with van der Waals surface area (Å²) in [6, 6.07) is 8.81. The number of ether oxygens (including phenoxy) is 2. The number of nitrogens with one attached hydrogen (secondary N) is 1. The highest BCUT2D eigenvalue weighted by molar-refractivity contribution is 6.32. The van der Waals surface area contributed by atoms with Crippen molar-refractivity contribution < 1.29 is 24.3 Å². The van der Waals surface area contributed by atoms with Crippen LogP contribution in [0.5, 0.6) is 17.2 Å². The molecule has 9 nitrogen and oxygen atoms in total. The van der Waals surface area contributed by atoms with Crippen LogP contribution in [0.25, 0.3) is 0 Å². The highest BCUT2D eigenvalue weighted by Gasteiger charge is 2.15. The Kier molecular flexibility index (Phi) is 6.34. The Labute approximate surface area is 153 Å². The number of hydrazone groups is 1. The van der Waals surface area contributed by atoms with Crippen LogP contribution in [0.2, 0.25) is 5.02 Å². The van der Waals surface area contributed by atoms with E-state index in [1.165, 1.54) is 7.11 Å². The first-order valence-electron chi connectivity index (χ1n) is 7.17. The third kappa shape index (κ3) is 4.84. The number of halogens is 1. The van der Waals surface area contributed by atoms with Crippen molar-refractivity contribution in [1.29, 1.82) is 0 Å². The van der Waals surface area contributed by atoms with Crippen LogP contribution >= 0.6 is 11.6 Å². The Morgan fingerprint density at radius 2 is 2.12 bits per heavy atom. The van der Waals surface area contributed by atoms with Crippen LogP contribution < -0.4 is 14.9 Å². The van der Waals surface area contributed by atoms with Crippen molar-refractivity contribution in [3.8, 4) is 17.2 Å². The molecule has 1 amide bonds. The number of nitro benzene ring substituents is 1. The molecule has 0 unspecified atom stereocenters. The molecule has 0 aliphatic heterocycles.